The van der Waals surface area contributed by atoms with Gasteiger partial charge in [0.2, 0.25) is 5.91 Å². The Morgan fingerprint density at radius 1 is 1.24 bits per heavy atom. The summed E-state index contributed by atoms with van der Waals surface area (Å²) in [6, 6.07) is 11.0. The van der Waals surface area contributed by atoms with Crippen molar-refractivity contribution in [2.45, 2.75) is 18.9 Å². The van der Waals surface area contributed by atoms with Crippen molar-refractivity contribution in [2.75, 3.05) is 0 Å². The largest absolute Gasteiger partial charge is 0.342 e. The Bertz CT molecular complexity index is 830. The number of nitrogens with zero attached hydrogens (tertiary/aromatic N) is 3. The van der Waals surface area contributed by atoms with Crippen molar-refractivity contribution < 1.29 is 4.79 Å². The monoisotopic (exact) mass is 354 g/mol. The molecule has 1 aromatic carbocycles. The third kappa shape index (κ3) is 4.45. The van der Waals surface area contributed by atoms with Gasteiger partial charge in [-0.1, -0.05) is 29.8 Å². The minimum atomic E-state index is -0.321. The Morgan fingerprint density at radius 2 is 2.04 bits per heavy atom. The molecule has 0 aliphatic carbocycles. The molecule has 0 aliphatic heterocycles. The molecular weight excluding hydrogens is 336 g/mol. The molecule has 25 heavy (non-hydrogen) atoms. The lowest BCUT2D eigenvalue weighted by molar-refractivity contribution is -0.121. The second-order valence-corrected chi connectivity index (χ2v) is 6.25. The summed E-state index contributed by atoms with van der Waals surface area (Å²) in [7, 11) is 1.91. The van der Waals surface area contributed by atoms with E-state index in [2.05, 4.69) is 15.3 Å². The Kier molecular flexibility index (Phi) is 5.46. The van der Waals surface area contributed by atoms with Crippen LogP contribution in [0.5, 0.6) is 0 Å². The number of benzene rings is 1. The topological polar surface area (TPSA) is 59.8 Å². The number of hydrogen-bond donors (Lipinski definition) is 1. The van der Waals surface area contributed by atoms with E-state index in [4.69, 9.17) is 11.6 Å². The minimum Gasteiger partial charge on any atom is -0.342 e. The van der Waals surface area contributed by atoms with Crippen molar-refractivity contribution in [2.24, 2.45) is 7.05 Å². The fourth-order valence-electron chi connectivity index (χ4n) is 2.64. The zero-order chi connectivity index (χ0) is 17.6. The van der Waals surface area contributed by atoms with E-state index in [1.54, 1.807) is 18.6 Å². The van der Waals surface area contributed by atoms with Crippen LogP contribution < -0.4 is 5.32 Å². The fourth-order valence-corrected chi connectivity index (χ4v) is 2.77. The van der Waals surface area contributed by atoms with Crippen LogP contribution in [0, 0.1) is 0 Å². The number of carbonyl (C=O) groups excluding carboxylic acids is 1. The number of halogens is 1. The van der Waals surface area contributed by atoms with Crippen molar-refractivity contribution in [3.8, 4) is 0 Å². The summed E-state index contributed by atoms with van der Waals surface area (Å²) in [6.07, 6.45) is 8.12. The van der Waals surface area contributed by atoms with Gasteiger partial charge in [-0.25, -0.2) is 4.98 Å². The van der Waals surface area contributed by atoms with Gasteiger partial charge in [-0.2, -0.15) is 0 Å². The lowest BCUT2D eigenvalue weighted by Crippen LogP contribution is -2.31. The third-order valence-electron chi connectivity index (χ3n) is 3.99. The Hall–Kier alpha value is -2.66. The summed E-state index contributed by atoms with van der Waals surface area (Å²) in [4.78, 5) is 20.9. The molecule has 0 aliphatic rings. The molecule has 2 aromatic heterocycles. The molecule has 0 fully saturated rings. The first-order chi connectivity index (χ1) is 12.1. The van der Waals surface area contributed by atoms with Gasteiger partial charge < -0.3 is 9.88 Å². The molecule has 0 bridgehead atoms. The van der Waals surface area contributed by atoms with Crippen LogP contribution in [0.15, 0.2) is 61.2 Å². The molecule has 2 heterocycles. The zero-order valence-corrected chi connectivity index (χ0v) is 14.6. The molecule has 1 amide bonds. The smallest absolute Gasteiger partial charge is 0.221 e. The van der Waals surface area contributed by atoms with Crippen molar-refractivity contribution in [1.82, 2.24) is 19.9 Å². The van der Waals surface area contributed by atoms with Crippen LogP contribution in [0.4, 0.5) is 0 Å². The molecule has 3 rings (SSSR count). The molecule has 0 saturated carbocycles. The van der Waals surface area contributed by atoms with Gasteiger partial charge >= 0.3 is 0 Å². The Morgan fingerprint density at radius 3 is 2.68 bits per heavy atom. The predicted molar refractivity (Wildman–Crippen MR) is 97.2 cm³/mol. The van der Waals surface area contributed by atoms with Gasteiger partial charge in [0.25, 0.3) is 0 Å². The van der Waals surface area contributed by atoms with E-state index in [0.29, 0.717) is 17.9 Å². The van der Waals surface area contributed by atoms with Gasteiger partial charge in [-0.05, 0) is 35.7 Å². The summed E-state index contributed by atoms with van der Waals surface area (Å²) >= 11 is 5.98. The lowest BCUT2D eigenvalue weighted by atomic mass is 10.1. The molecule has 1 N–H and O–H groups in total. The second kappa shape index (κ2) is 7.94. The first-order valence-corrected chi connectivity index (χ1v) is 8.42. The maximum absolute atomic E-state index is 12.5. The Balaban J connectivity index is 1.74. The SMILES string of the molecule is Cn1ccnc1C(NC(=O)CCc1cccnc1)c1ccc(Cl)cc1. The summed E-state index contributed by atoms with van der Waals surface area (Å²) in [5, 5.41) is 3.74. The number of amides is 1. The normalized spacial score (nSPS) is 11.9. The van der Waals surface area contributed by atoms with Crippen LogP contribution in [0.2, 0.25) is 5.02 Å². The molecule has 1 unspecified atom stereocenters. The van der Waals surface area contributed by atoms with Crippen LogP contribution in [-0.2, 0) is 18.3 Å². The van der Waals surface area contributed by atoms with Crippen molar-refractivity contribution in [1.29, 1.82) is 0 Å². The average molecular weight is 355 g/mol. The highest BCUT2D eigenvalue weighted by Crippen LogP contribution is 2.22. The predicted octanol–water partition coefficient (Wildman–Crippen LogP) is 3.31. The summed E-state index contributed by atoms with van der Waals surface area (Å²) < 4.78 is 1.90. The highest BCUT2D eigenvalue weighted by atomic mass is 35.5. The molecule has 5 nitrogen and oxygen atoms in total. The van der Waals surface area contributed by atoms with Gasteiger partial charge in [0.15, 0.2) is 0 Å². The molecule has 0 radical (unpaired) electrons. The summed E-state index contributed by atoms with van der Waals surface area (Å²) in [6.45, 7) is 0. The second-order valence-electron chi connectivity index (χ2n) is 5.81. The van der Waals surface area contributed by atoms with Gasteiger partial charge in [0.05, 0.1) is 0 Å². The van der Waals surface area contributed by atoms with Gasteiger partial charge in [0, 0.05) is 43.3 Å². The third-order valence-corrected chi connectivity index (χ3v) is 4.24. The molecule has 0 spiro atoms. The van der Waals surface area contributed by atoms with Crippen molar-refractivity contribution in [3.05, 3.63) is 83.2 Å². The number of aromatic nitrogens is 3. The molecule has 128 valence electrons. The van der Waals surface area contributed by atoms with Crippen LogP contribution in [0.3, 0.4) is 0 Å². The van der Waals surface area contributed by atoms with E-state index >= 15 is 0 Å². The molecular formula is C19H19ClN4O. The number of pyridine rings is 1. The first kappa shape index (κ1) is 17.2. The number of nitrogens with one attached hydrogen (secondary N) is 1. The zero-order valence-electron chi connectivity index (χ0n) is 13.9. The van der Waals surface area contributed by atoms with Crippen molar-refractivity contribution >= 4 is 17.5 Å². The van der Waals surface area contributed by atoms with E-state index in [1.165, 1.54) is 0 Å². The maximum atomic E-state index is 12.5. The standard InChI is InChI=1S/C19H19ClN4O/c1-24-12-11-22-19(24)18(15-5-7-16(20)8-6-15)23-17(25)9-4-14-3-2-10-21-13-14/h2-3,5-8,10-13,18H,4,9H2,1H3,(H,23,25). The van der Waals surface area contributed by atoms with Crippen LogP contribution in [-0.4, -0.2) is 20.4 Å². The molecule has 6 heteroatoms. The summed E-state index contributed by atoms with van der Waals surface area (Å²) in [5.41, 5.74) is 1.98. The first-order valence-electron chi connectivity index (χ1n) is 8.04. The van der Waals surface area contributed by atoms with E-state index in [-0.39, 0.29) is 11.9 Å². The Labute approximate surface area is 151 Å². The van der Waals surface area contributed by atoms with Gasteiger partial charge in [-0.15, -0.1) is 0 Å². The fraction of sp³-hybridized carbons (Fsp3) is 0.211. The van der Waals surface area contributed by atoms with E-state index in [1.807, 2.05) is 54.2 Å². The highest BCUT2D eigenvalue weighted by Gasteiger charge is 2.20. The van der Waals surface area contributed by atoms with Crippen LogP contribution in [0.25, 0.3) is 0 Å². The number of rotatable bonds is 6. The van der Waals surface area contributed by atoms with E-state index in [9.17, 15) is 4.79 Å². The average Bonchev–Trinajstić information content (AvgIpc) is 3.05. The number of imidazole rings is 1. The lowest BCUT2D eigenvalue weighted by Gasteiger charge is -2.19. The van der Waals surface area contributed by atoms with Gasteiger partial charge in [0.1, 0.15) is 11.9 Å². The molecule has 1 atom stereocenters. The highest BCUT2D eigenvalue weighted by molar-refractivity contribution is 6.30. The van der Waals surface area contributed by atoms with Crippen molar-refractivity contribution in [3.63, 3.8) is 0 Å². The molecule has 3 aromatic rings. The molecule has 0 saturated heterocycles. The van der Waals surface area contributed by atoms with Crippen LogP contribution >= 0.6 is 11.6 Å². The van der Waals surface area contributed by atoms with Gasteiger partial charge in [-0.3, -0.25) is 9.78 Å². The van der Waals surface area contributed by atoms with E-state index in [0.717, 1.165) is 17.0 Å². The number of aryl methyl sites for hydroxylation is 2. The maximum Gasteiger partial charge on any atom is 0.221 e. The number of hydrogen-bond acceptors (Lipinski definition) is 3. The van der Waals surface area contributed by atoms with E-state index < -0.39 is 0 Å². The summed E-state index contributed by atoms with van der Waals surface area (Å²) in [5.74, 6) is 0.740. The van der Waals surface area contributed by atoms with Crippen LogP contribution in [0.1, 0.15) is 29.4 Å². The number of carbonyl (C=O) groups is 1. The minimum absolute atomic E-state index is 0.0354. The quantitative estimate of drug-likeness (QED) is 0.738.